The third-order valence-electron chi connectivity index (χ3n) is 6.90. The van der Waals surface area contributed by atoms with E-state index in [1.807, 2.05) is 0 Å². The van der Waals surface area contributed by atoms with Crippen molar-refractivity contribution in [1.82, 2.24) is 20.5 Å². The van der Waals surface area contributed by atoms with E-state index in [0.717, 1.165) is 28.0 Å². The van der Waals surface area contributed by atoms with Crippen LogP contribution in [0.2, 0.25) is 0 Å². The molecule has 3 amide bonds. The molecule has 0 unspecified atom stereocenters. The number of hydrogen-bond acceptors (Lipinski definition) is 13. The van der Waals surface area contributed by atoms with Gasteiger partial charge in [0, 0.05) is 40.0 Å². The van der Waals surface area contributed by atoms with Crippen LogP contribution in [0.3, 0.4) is 0 Å². The van der Waals surface area contributed by atoms with Crippen LogP contribution in [-0.4, -0.2) is 98.7 Å². The number of nitrogens with two attached hydrogens (primary N) is 1. The van der Waals surface area contributed by atoms with Crippen LogP contribution in [0, 0.1) is 0 Å². The van der Waals surface area contributed by atoms with Crippen molar-refractivity contribution in [1.29, 1.82) is 0 Å². The van der Waals surface area contributed by atoms with Gasteiger partial charge in [-0.25, -0.2) is 14.6 Å². The number of thiazole rings is 1. The summed E-state index contributed by atoms with van der Waals surface area (Å²) >= 11 is 2.07. The summed E-state index contributed by atoms with van der Waals surface area (Å²) in [6, 6.07) is 4.87. The number of thioether (sulfide) groups is 1. The number of carbonyl (C=O) groups is 6. The van der Waals surface area contributed by atoms with Gasteiger partial charge in [0.25, 0.3) is 11.8 Å². The van der Waals surface area contributed by atoms with E-state index >= 15 is 0 Å². The van der Waals surface area contributed by atoms with Crippen molar-refractivity contribution in [3.05, 3.63) is 63.3 Å². The van der Waals surface area contributed by atoms with Crippen molar-refractivity contribution < 1.29 is 48.6 Å². The molecule has 4 heterocycles. The third kappa shape index (κ3) is 6.09. The molecule has 6 N–H and O–H groups in total. The lowest BCUT2D eigenvalue weighted by atomic mass is 9.89. The van der Waals surface area contributed by atoms with E-state index in [-0.39, 0.29) is 51.8 Å². The minimum atomic E-state index is -1.50. The molecular weight excluding hydrogens is 632 g/mol. The summed E-state index contributed by atoms with van der Waals surface area (Å²) in [7, 11) is 1.46. The summed E-state index contributed by atoms with van der Waals surface area (Å²) in [6.07, 6.45) is 0.167. The second-order valence-corrected chi connectivity index (χ2v) is 11.6. The Morgan fingerprint density at radius 1 is 1.20 bits per heavy atom. The number of carbonyl (C=O) groups excluding carboxylic acids is 4. The summed E-state index contributed by atoms with van der Waals surface area (Å²) in [6.45, 7) is -0.605. The number of nitrogen functional groups attached to an aromatic ring is 1. The van der Waals surface area contributed by atoms with Gasteiger partial charge in [-0.3, -0.25) is 24.1 Å². The molecule has 1 aromatic heterocycles. The van der Waals surface area contributed by atoms with Crippen LogP contribution < -0.4 is 21.1 Å². The maximum atomic E-state index is 13.8. The van der Waals surface area contributed by atoms with Crippen LogP contribution >= 0.6 is 23.1 Å². The minimum absolute atomic E-state index is 0.00276. The van der Waals surface area contributed by atoms with Crippen LogP contribution in [0.25, 0.3) is 0 Å². The number of nitrogens with one attached hydrogen (secondary N) is 2. The zero-order valence-corrected chi connectivity index (χ0v) is 24.9. The number of carboxylic acid groups (broad SMARTS) is 2. The molecule has 0 spiro atoms. The zero-order valence-electron chi connectivity index (χ0n) is 23.3. The molecule has 16 nitrogen and oxygen atoms in total. The number of benzene rings is 1. The number of ketones is 1. The highest BCUT2D eigenvalue weighted by Crippen LogP contribution is 2.44. The molecule has 0 saturated carbocycles. The second kappa shape index (κ2) is 12.8. The summed E-state index contributed by atoms with van der Waals surface area (Å²) in [5.74, 6) is -5.31. The number of anilines is 1. The Balaban J connectivity index is 1.47. The van der Waals surface area contributed by atoms with Crippen molar-refractivity contribution in [2.24, 2.45) is 5.16 Å². The van der Waals surface area contributed by atoms with E-state index in [4.69, 9.17) is 20.4 Å². The van der Waals surface area contributed by atoms with Crippen molar-refractivity contribution in [3.8, 4) is 5.75 Å². The lowest BCUT2D eigenvalue weighted by Crippen LogP contribution is -2.71. The normalized spacial score (nSPS) is 20.6. The highest BCUT2D eigenvalue weighted by atomic mass is 32.2. The molecule has 2 fully saturated rings. The number of rotatable bonds is 11. The van der Waals surface area contributed by atoms with E-state index < -0.39 is 64.9 Å². The first-order valence-electron chi connectivity index (χ1n) is 13.1. The van der Waals surface area contributed by atoms with E-state index in [1.54, 1.807) is 12.1 Å². The van der Waals surface area contributed by atoms with Crippen molar-refractivity contribution >= 4 is 69.4 Å². The summed E-state index contributed by atoms with van der Waals surface area (Å²) in [5.41, 5.74) is 4.86. The monoisotopic (exact) mass is 656 g/mol. The molecule has 2 saturated heterocycles. The second-order valence-electron chi connectivity index (χ2n) is 9.59. The number of carboxylic acids is 2. The number of hydrogen-bond donors (Lipinski definition) is 5. The van der Waals surface area contributed by atoms with Gasteiger partial charge < -0.3 is 36.2 Å². The largest absolute Gasteiger partial charge is 0.497 e. The number of Topliss-reactive ketones (excluding diaryl/α,β-unsaturated/α-hetero) is 1. The molecule has 2 atom stereocenters. The highest BCUT2D eigenvalue weighted by Gasteiger charge is 2.55. The number of oxime groups is 1. The van der Waals surface area contributed by atoms with Gasteiger partial charge in [-0.15, -0.1) is 23.1 Å². The maximum Gasteiger partial charge on any atom is 0.352 e. The fourth-order valence-electron chi connectivity index (χ4n) is 4.88. The molecule has 2 aromatic rings. The van der Waals surface area contributed by atoms with Gasteiger partial charge in [-0.05, 0) is 30.7 Å². The van der Waals surface area contributed by atoms with Crippen molar-refractivity contribution in [2.45, 2.75) is 17.8 Å². The number of ether oxygens (including phenoxy) is 1. The predicted octanol–water partition coefficient (Wildman–Crippen LogP) is -0.0228. The minimum Gasteiger partial charge on any atom is -0.497 e. The average molecular weight is 657 g/mol. The molecule has 18 heteroatoms. The molecule has 0 aliphatic carbocycles. The van der Waals surface area contributed by atoms with Gasteiger partial charge in [-0.2, -0.15) is 0 Å². The predicted molar refractivity (Wildman–Crippen MR) is 158 cm³/mol. The number of methoxy groups -OCH3 is 1. The molecule has 3 aliphatic rings. The number of amides is 3. The number of nitrogens with zero attached hydrogens (tertiary/aromatic N) is 3. The lowest BCUT2D eigenvalue weighted by Gasteiger charge is -2.49. The number of β-lactam (4-membered cyclic amide) rings is 1. The fraction of sp³-hybridized carbons (Fsp3) is 0.259. The third-order valence-corrected chi connectivity index (χ3v) is 8.85. The fourth-order valence-corrected chi connectivity index (χ4v) is 6.78. The molecule has 1 aromatic carbocycles. The number of aromatic nitrogens is 1. The summed E-state index contributed by atoms with van der Waals surface area (Å²) in [4.78, 5) is 86.3. The Labute approximate surface area is 261 Å². The van der Waals surface area contributed by atoms with Crippen LogP contribution in [0.15, 0.2) is 57.2 Å². The van der Waals surface area contributed by atoms with Crippen molar-refractivity contribution in [2.75, 3.05) is 31.7 Å². The summed E-state index contributed by atoms with van der Waals surface area (Å²) < 4.78 is 5.15. The van der Waals surface area contributed by atoms with E-state index in [9.17, 15) is 33.9 Å². The van der Waals surface area contributed by atoms with E-state index in [1.165, 1.54) is 24.6 Å². The lowest BCUT2D eigenvalue weighted by molar-refractivity contribution is -0.150. The Morgan fingerprint density at radius 3 is 2.51 bits per heavy atom. The van der Waals surface area contributed by atoms with Gasteiger partial charge >= 0.3 is 11.9 Å². The average Bonchev–Trinajstić information content (AvgIpc) is 3.65. The van der Waals surface area contributed by atoms with Gasteiger partial charge in [0.15, 0.2) is 16.6 Å². The molecule has 0 radical (unpaired) electrons. The topological polar surface area (TPSA) is 240 Å². The first-order valence-corrected chi connectivity index (χ1v) is 15.0. The zero-order chi connectivity index (χ0) is 32.4. The maximum absolute atomic E-state index is 13.8. The van der Waals surface area contributed by atoms with Crippen LogP contribution in [0.1, 0.15) is 22.5 Å². The molecule has 3 aliphatic heterocycles. The quantitative estimate of drug-likeness (QED) is 0.0703. The van der Waals surface area contributed by atoms with E-state index in [0.29, 0.717) is 5.75 Å². The number of aliphatic carboxylic acids is 2. The van der Waals surface area contributed by atoms with Gasteiger partial charge in [0.1, 0.15) is 28.6 Å². The summed E-state index contributed by atoms with van der Waals surface area (Å²) in [5, 5.41) is 28.4. The SMILES string of the molecule is COc1ccc(C(=O)C(=C2CCNC2=O)C2=C(C(=O)O)N3C(=O)[C@@H](NC(=O)C(=NOCC(=O)O)c4csc(N)n4)[C@H]3SC2)cc1. The van der Waals surface area contributed by atoms with Gasteiger partial charge in [0.05, 0.1) is 7.11 Å². The van der Waals surface area contributed by atoms with Crippen LogP contribution in [-0.2, 0) is 28.8 Å². The van der Waals surface area contributed by atoms with Crippen molar-refractivity contribution in [3.63, 3.8) is 0 Å². The first kappa shape index (κ1) is 31.2. The van der Waals surface area contributed by atoms with Crippen LogP contribution in [0.4, 0.5) is 5.13 Å². The Morgan fingerprint density at radius 2 is 1.93 bits per heavy atom. The van der Waals surface area contributed by atoms with Gasteiger partial charge in [0.2, 0.25) is 12.5 Å². The molecule has 5 rings (SSSR count). The van der Waals surface area contributed by atoms with Crippen LogP contribution in [0.5, 0.6) is 5.75 Å². The Bertz CT molecular complexity index is 1710. The van der Waals surface area contributed by atoms with Gasteiger partial charge in [-0.1, -0.05) is 5.16 Å². The molecule has 45 heavy (non-hydrogen) atoms. The number of allylic oxidation sites excluding steroid dienone is 1. The molecule has 0 bridgehead atoms. The first-order chi connectivity index (χ1) is 21.5. The highest BCUT2D eigenvalue weighted by molar-refractivity contribution is 8.00. The number of fused-ring (bicyclic) bond motifs is 1. The standard InChI is InChI=1S/C27H24N6O10S2/c1-42-12-4-2-11(3-5-12)21(36)17(13-6-7-29-22(13)37)14-9-44-25-19(24(39)33(25)20(14)26(40)41)31-23(38)18(32-43-8-16(34)35)15-10-45-27(28)30-15/h2-5,10,19,25H,6-9H2,1H3,(H2,28,30)(H,29,37)(H,31,38)(H,34,35)(H,40,41)/t19-,25-/m1/s1. The molecule has 234 valence electrons. The molecular formula is C27H24N6O10S2. The van der Waals surface area contributed by atoms with E-state index in [2.05, 4.69) is 20.8 Å². The smallest absolute Gasteiger partial charge is 0.352 e. The Hall–Kier alpha value is -5.23. The Kier molecular flexibility index (Phi) is 8.87.